The summed E-state index contributed by atoms with van der Waals surface area (Å²) in [4.78, 5) is 45.1. The van der Waals surface area contributed by atoms with E-state index < -0.39 is 5.54 Å². The molecule has 3 aliphatic heterocycles. The minimum Gasteiger partial charge on any atom is -0.381 e. The van der Waals surface area contributed by atoms with Crippen LogP contribution in [-0.4, -0.2) is 98.6 Å². The fourth-order valence-corrected chi connectivity index (χ4v) is 5.62. The van der Waals surface area contributed by atoms with Crippen LogP contribution >= 0.6 is 0 Å². The molecule has 0 saturated carbocycles. The van der Waals surface area contributed by atoms with Crippen LogP contribution in [0.4, 0.5) is 4.79 Å². The molecule has 9 heteroatoms. The van der Waals surface area contributed by atoms with Gasteiger partial charge < -0.3 is 30.1 Å². The number of urea groups is 1. The second-order valence-corrected chi connectivity index (χ2v) is 10.6. The zero-order valence-electron chi connectivity index (χ0n) is 21.7. The van der Waals surface area contributed by atoms with Gasteiger partial charge in [-0.3, -0.25) is 9.59 Å². The number of ether oxygens (including phenoxy) is 1. The second-order valence-electron chi connectivity index (χ2n) is 10.6. The Bertz CT molecular complexity index is 897. The van der Waals surface area contributed by atoms with Crippen LogP contribution in [0, 0.1) is 5.92 Å². The predicted molar refractivity (Wildman–Crippen MR) is 137 cm³/mol. The lowest BCUT2D eigenvalue weighted by atomic mass is 9.83. The van der Waals surface area contributed by atoms with Crippen LogP contribution in [0.5, 0.6) is 0 Å². The summed E-state index contributed by atoms with van der Waals surface area (Å²) < 4.78 is 5.58. The molecule has 0 aromatic heterocycles. The molecule has 2 atom stereocenters. The average molecular weight is 500 g/mol. The highest BCUT2D eigenvalue weighted by molar-refractivity contribution is 5.86. The summed E-state index contributed by atoms with van der Waals surface area (Å²) in [6, 6.07) is 9.66. The molecule has 0 spiro atoms. The van der Waals surface area contributed by atoms with Crippen LogP contribution in [0.2, 0.25) is 0 Å². The lowest BCUT2D eigenvalue weighted by Crippen LogP contribution is -2.55. The average Bonchev–Trinajstić information content (AvgIpc) is 2.94. The van der Waals surface area contributed by atoms with Crippen molar-refractivity contribution in [1.29, 1.82) is 0 Å². The number of nitrogens with one attached hydrogen (secondary N) is 2. The summed E-state index contributed by atoms with van der Waals surface area (Å²) in [5.74, 6) is -0.236. The third kappa shape index (κ3) is 6.56. The zero-order valence-corrected chi connectivity index (χ0v) is 21.7. The first-order valence-corrected chi connectivity index (χ1v) is 13.3. The summed E-state index contributed by atoms with van der Waals surface area (Å²) in [7, 11) is 3.83. The minimum atomic E-state index is -0.468. The molecule has 3 heterocycles. The molecule has 0 radical (unpaired) electrons. The molecule has 4 amide bonds. The van der Waals surface area contributed by atoms with Crippen LogP contribution in [0.3, 0.4) is 0 Å². The van der Waals surface area contributed by atoms with Crippen molar-refractivity contribution < 1.29 is 19.1 Å². The highest BCUT2D eigenvalue weighted by Gasteiger charge is 2.37. The van der Waals surface area contributed by atoms with Crippen molar-refractivity contribution in [1.82, 2.24) is 25.3 Å². The topological polar surface area (TPSA) is 94.2 Å². The second kappa shape index (κ2) is 12.1. The Balaban J connectivity index is 1.37. The largest absolute Gasteiger partial charge is 0.381 e. The highest BCUT2D eigenvalue weighted by Crippen LogP contribution is 2.32. The van der Waals surface area contributed by atoms with Gasteiger partial charge >= 0.3 is 6.03 Å². The Morgan fingerprint density at radius 3 is 2.39 bits per heavy atom. The first-order valence-electron chi connectivity index (χ1n) is 13.3. The quantitative estimate of drug-likeness (QED) is 0.659. The van der Waals surface area contributed by atoms with Crippen molar-refractivity contribution in [3.8, 4) is 0 Å². The summed E-state index contributed by atoms with van der Waals surface area (Å²) in [6.07, 6.45) is 3.83. The number of hydrogen-bond acceptors (Lipinski definition) is 5. The zero-order chi connectivity index (χ0) is 25.5. The van der Waals surface area contributed by atoms with Crippen LogP contribution in [-0.2, 0) is 19.9 Å². The fraction of sp³-hybridized carbons (Fsp3) is 0.667. The lowest BCUT2D eigenvalue weighted by Gasteiger charge is -2.39. The molecule has 4 rings (SSSR count). The van der Waals surface area contributed by atoms with E-state index in [1.165, 1.54) is 0 Å². The van der Waals surface area contributed by atoms with Crippen molar-refractivity contribution in [3.05, 3.63) is 35.9 Å². The standard InChI is InChI=1S/C27H41N5O4/c1-30-13-15-32(16-14-30)25(34)21-7-6-10-23(20-31(2)24(33)19-21)28-26(35)29-27(11-17-36-18-12-27)22-8-4-3-5-9-22/h3-5,8-9,21,23H,6-7,10-20H2,1-2H3,(H2,28,29,35)/t21-,23-/m1/s1. The van der Waals surface area contributed by atoms with E-state index in [0.29, 0.717) is 52.1 Å². The lowest BCUT2D eigenvalue weighted by molar-refractivity contribution is -0.142. The molecule has 2 N–H and O–H groups in total. The molecule has 3 saturated heterocycles. The van der Waals surface area contributed by atoms with Gasteiger partial charge in [-0.25, -0.2) is 4.79 Å². The highest BCUT2D eigenvalue weighted by atomic mass is 16.5. The van der Waals surface area contributed by atoms with E-state index in [1.807, 2.05) is 23.1 Å². The Morgan fingerprint density at radius 2 is 1.69 bits per heavy atom. The summed E-state index contributed by atoms with van der Waals surface area (Å²) in [5.41, 5.74) is 0.611. The maximum absolute atomic E-state index is 13.2. The SMILES string of the molecule is CN1CCN(C(=O)[C@@H]2CCC[C@@H](NC(=O)NC3(c4ccccc4)CCOCC3)CN(C)C(=O)C2)CC1. The number of piperazine rings is 1. The molecule has 1 aromatic carbocycles. The summed E-state index contributed by atoms with van der Waals surface area (Å²) in [6.45, 7) is 4.79. The van der Waals surface area contributed by atoms with Crippen molar-refractivity contribution >= 4 is 17.8 Å². The van der Waals surface area contributed by atoms with E-state index in [1.54, 1.807) is 11.9 Å². The normalized spacial score (nSPS) is 25.9. The van der Waals surface area contributed by atoms with Gasteiger partial charge in [-0.2, -0.15) is 0 Å². The number of likely N-dealkylation sites (N-methyl/N-ethyl adjacent to an activating group) is 2. The molecule has 9 nitrogen and oxygen atoms in total. The number of benzene rings is 1. The van der Waals surface area contributed by atoms with Gasteiger partial charge in [-0.15, -0.1) is 0 Å². The number of carbonyl (C=O) groups excluding carboxylic acids is 3. The van der Waals surface area contributed by atoms with Gasteiger partial charge in [0, 0.05) is 71.4 Å². The van der Waals surface area contributed by atoms with E-state index in [4.69, 9.17) is 4.74 Å². The van der Waals surface area contributed by atoms with Gasteiger partial charge in [0.15, 0.2) is 0 Å². The molecule has 1 aromatic rings. The summed E-state index contributed by atoms with van der Waals surface area (Å²) in [5, 5.41) is 6.38. The van der Waals surface area contributed by atoms with E-state index in [2.05, 4.69) is 34.7 Å². The number of rotatable bonds is 4. The smallest absolute Gasteiger partial charge is 0.315 e. The molecule has 0 unspecified atom stereocenters. The van der Waals surface area contributed by atoms with Crippen molar-refractivity contribution in [2.45, 2.75) is 50.1 Å². The summed E-state index contributed by atoms with van der Waals surface area (Å²) >= 11 is 0. The van der Waals surface area contributed by atoms with Gasteiger partial charge in [0.25, 0.3) is 0 Å². The minimum absolute atomic E-state index is 0.0400. The van der Waals surface area contributed by atoms with Gasteiger partial charge in [0.2, 0.25) is 11.8 Å². The van der Waals surface area contributed by atoms with Gasteiger partial charge in [0.1, 0.15) is 0 Å². The fourth-order valence-electron chi connectivity index (χ4n) is 5.62. The first kappa shape index (κ1) is 26.4. The van der Waals surface area contributed by atoms with Crippen molar-refractivity contribution in [3.63, 3.8) is 0 Å². The molecule has 0 aliphatic carbocycles. The van der Waals surface area contributed by atoms with E-state index in [0.717, 1.165) is 31.5 Å². The number of amides is 4. The maximum Gasteiger partial charge on any atom is 0.315 e. The Morgan fingerprint density at radius 1 is 1.00 bits per heavy atom. The Kier molecular flexibility index (Phi) is 8.85. The van der Waals surface area contributed by atoms with Gasteiger partial charge in [-0.1, -0.05) is 36.8 Å². The van der Waals surface area contributed by atoms with Crippen molar-refractivity contribution in [2.75, 3.05) is 60.0 Å². The molecular weight excluding hydrogens is 458 g/mol. The van der Waals surface area contributed by atoms with Crippen LogP contribution in [0.25, 0.3) is 0 Å². The van der Waals surface area contributed by atoms with Crippen molar-refractivity contribution in [2.24, 2.45) is 5.92 Å². The van der Waals surface area contributed by atoms with Crippen LogP contribution < -0.4 is 10.6 Å². The molecule has 198 valence electrons. The molecule has 36 heavy (non-hydrogen) atoms. The van der Waals surface area contributed by atoms with E-state index >= 15 is 0 Å². The third-order valence-corrected chi connectivity index (χ3v) is 7.97. The Hall–Kier alpha value is -2.65. The Labute approximate surface area is 214 Å². The molecular formula is C27H41N5O4. The third-order valence-electron chi connectivity index (χ3n) is 7.97. The van der Waals surface area contributed by atoms with Gasteiger partial charge in [-0.05, 0) is 38.3 Å². The van der Waals surface area contributed by atoms with Gasteiger partial charge in [0.05, 0.1) is 5.54 Å². The molecule has 0 bridgehead atoms. The predicted octanol–water partition coefficient (Wildman–Crippen LogP) is 1.78. The molecule has 3 fully saturated rings. The van der Waals surface area contributed by atoms with E-state index in [-0.39, 0.29) is 36.2 Å². The van der Waals surface area contributed by atoms with Crippen LogP contribution in [0.1, 0.15) is 44.1 Å². The maximum atomic E-state index is 13.2. The van der Waals surface area contributed by atoms with Crippen LogP contribution in [0.15, 0.2) is 30.3 Å². The molecule has 3 aliphatic rings. The van der Waals surface area contributed by atoms with E-state index in [9.17, 15) is 14.4 Å². The first-order chi connectivity index (χ1) is 17.4. The monoisotopic (exact) mass is 499 g/mol. The number of hydrogen-bond donors (Lipinski definition) is 2. The number of nitrogens with zero attached hydrogens (tertiary/aromatic N) is 3. The number of carbonyl (C=O) groups is 3.